The van der Waals surface area contributed by atoms with E-state index in [9.17, 15) is 13.2 Å². The molecule has 1 aromatic rings. The van der Waals surface area contributed by atoms with Gasteiger partial charge >= 0.3 is 5.97 Å². The first-order valence-corrected chi connectivity index (χ1v) is 8.92. The van der Waals surface area contributed by atoms with Crippen LogP contribution in [0, 0.1) is 0 Å². The average Bonchev–Trinajstić information content (AvgIpc) is 3.22. The summed E-state index contributed by atoms with van der Waals surface area (Å²) in [5.74, 6) is -0.344. The van der Waals surface area contributed by atoms with Gasteiger partial charge in [-0.3, -0.25) is 5.32 Å². The first-order chi connectivity index (χ1) is 9.77. The van der Waals surface area contributed by atoms with Crippen LogP contribution in [0.25, 0.3) is 0 Å². The molecule has 1 N–H and O–H groups in total. The Morgan fingerprint density at radius 3 is 2.33 bits per heavy atom. The van der Waals surface area contributed by atoms with Gasteiger partial charge < -0.3 is 4.74 Å². The molecule has 0 aliphatic heterocycles. The van der Waals surface area contributed by atoms with Crippen LogP contribution in [-0.2, 0) is 24.9 Å². The maximum Gasteiger partial charge on any atom is 0.330 e. The van der Waals surface area contributed by atoms with Gasteiger partial charge in [0, 0.05) is 12.3 Å². The Labute approximate surface area is 125 Å². The lowest BCUT2D eigenvalue weighted by molar-refractivity contribution is -0.151. The van der Waals surface area contributed by atoms with Crippen molar-refractivity contribution in [3.63, 3.8) is 0 Å². The lowest BCUT2D eigenvalue weighted by Crippen LogP contribution is -2.48. The van der Waals surface area contributed by atoms with Crippen LogP contribution in [-0.4, -0.2) is 33.3 Å². The number of nitrogens with one attached hydrogen (secondary N) is 1. The van der Waals surface area contributed by atoms with Crippen LogP contribution in [0.5, 0.6) is 0 Å². The molecule has 0 saturated heterocycles. The van der Waals surface area contributed by atoms with Gasteiger partial charge in [-0.1, -0.05) is 12.1 Å². The van der Waals surface area contributed by atoms with E-state index < -0.39 is 15.4 Å². The molecule has 21 heavy (non-hydrogen) atoms. The molecule has 1 unspecified atom stereocenters. The number of carbonyl (C=O) groups excluding carboxylic acids is 1. The van der Waals surface area contributed by atoms with E-state index in [1.807, 2.05) is 0 Å². The van der Waals surface area contributed by atoms with Gasteiger partial charge in [0.2, 0.25) is 0 Å². The van der Waals surface area contributed by atoms with Gasteiger partial charge in [0.15, 0.2) is 9.84 Å². The second-order valence-electron chi connectivity index (χ2n) is 5.56. The molecule has 0 spiro atoms. The molecule has 2 rings (SSSR count). The lowest BCUT2D eigenvalue weighted by Gasteiger charge is -2.29. The Bertz CT molecular complexity index is 620. The fraction of sp³-hybridized carbons (Fsp3) is 0.533. The molecule has 0 radical (unpaired) electrons. The minimum Gasteiger partial charge on any atom is -0.464 e. The van der Waals surface area contributed by atoms with E-state index in [0.717, 1.165) is 19.1 Å². The summed E-state index contributed by atoms with van der Waals surface area (Å²) in [6.07, 6.45) is 3.24. The Hall–Kier alpha value is -1.40. The zero-order valence-corrected chi connectivity index (χ0v) is 13.4. The summed E-state index contributed by atoms with van der Waals surface area (Å²) in [4.78, 5) is 12.5. The third-order valence-electron chi connectivity index (χ3n) is 3.61. The van der Waals surface area contributed by atoms with Crippen molar-refractivity contribution in [3.05, 3.63) is 29.8 Å². The van der Waals surface area contributed by atoms with Crippen LogP contribution < -0.4 is 5.32 Å². The Morgan fingerprint density at radius 2 is 1.90 bits per heavy atom. The molecule has 1 saturated carbocycles. The first kappa shape index (κ1) is 16.0. The van der Waals surface area contributed by atoms with Crippen LogP contribution >= 0.6 is 0 Å². The van der Waals surface area contributed by atoms with Crippen LogP contribution in [0.2, 0.25) is 0 Å². The molecule has 1 fully saturated rings. The number of sulfone groups is 1. The molecule has 0 bridgehead atoms. The van der Waals surface area contributed by atoms with Crippen molar-refractivity contribution in [1.29, 1.82) is 0 Å². The largest absolute Gasteiger partial charge is 0.464 e. The Kier molecular flexibility index (Phi) is 4.39. The van der Waals surface area contributed by atoms with Crippen molar-refractivity contribution in [2.24, 2.45) is 0 Å². The van der Waals surface area contributed by atoms with Gasteiger partial charge in [-0.15, -0.1) is 0 Å². The van der Waals surface area contributed by atoms with Gasteiger partial charge in [-0.25, -0.2) is 13.2 Å². The maximum atomic E-state index is 12.3. The zero-order chi connectivity index (χ0) is 15.7. The smallest absolute Gasteiger partial charge is 0.330 e. The van der Waals surface area contributed by atoms with E-state index in [4.69, 9.17) is 4.74 Å². The van der Waals surface area contributed by atoms with E-state index in [1.165, 1.54) is 12.1 Å². The third-order valence-corrected chi connectivity index (χ3v) is 4.74. The molecular weight excluding hydrogens is 290 g/mol. The van der Waals surface area contributed by atoms with Crippen LogP contribution in [0.3, 0.4) is 0 Å². The number of rotatable bonds is 6. The minimum atomic E-state index is -3.24. The number of hydrogen-bond donors (Lipinski definition) is 1. The summed E-state index contributed by atoms with van der Waals surface area (Å²) in [5.41, 5.74) is -0.243. The average molecular weight is 311 g/mol. The highest BCUT2D eigenvalue weighted by molar-refractivity contribution is 7.90. The van der Waals surface area contributed by atoms with Crippen molar-refractivity contribution >= 4 is 15.8 Å². The Balaban J connectivity index is 2.34. The molecule has 0 heterocycles. The summed E-state index contributed by atoms with van der Waals surface area (Å²) in [6, 6.07) is 6.70. The predicted molar refractivity (Wildman–Crippen MR) is 79.7 cm³/mol. The predicted octanol–water partition coefficient (Wildman–Crippen LogP) is 1.62. The standard InChI is InChI=1S/C15H21NO4S/c1-4-20-14(17)15(2,16-12-7-8-12)11-5-9-13(10-6-11)21(3,18)19/h5-6,9-10,12,16H,4,7-8H2,1-3H3. The summed E-state index contributed by atoms with van der Waals surface area (Å²) >= 11 is 0. The summed E-state index contributed by atoms with van der Waals surface area (Å²) < 4.78 is 28.2. The zero-order valence-electron chi connectivity index (χ0n) is 12.5. The normalized spacial score (nSPS) is 18.0. The fourth-order valence-corrected chi connectivity index (χ4v) is 2.84. The van der Waals surface area contributed by atoms with Crippen molar-refractivity contribution in [1.82, 2.24) is 5.32 Å². The van der Waals surface area contributed by atoms with Gasteiger partial charge in [0.05, 0.1) is 11.5 Å². The third kappa shape index (κ3) is 3.63. The van der Waals surface area contributed by atoms with Crippen LogP contribution in [0.1, 0.15) is 32.3 Å². The van der Waals surface area contributed by atoms with Gasteiger partial charge in [0.1, 0.15) is 5.54 Å². The number of esters is 1. The Morgan fingerprint density at radius 1 is 1.33 bits per heavy atom. The summed E-state index contributed by atoms with van der Waals surface area (Å²) in [7, 11) is -3.24. The topological polar surface area (TPSA) is 72.5 Å². The second-order valence-corrected chi connectivity index (χ2v) is 7.58. The van der Waals surface area contributed by atoms with E-state index in [2.05, 4.69) is 5.32 Å². The molecule has 1 aliphatic rings. The molecule has 116 valence electrons. The van der Waals surface area contributed by atoms with Crippen LogP contribution in [0.4, 0.5) is 0 Å². The SMILES string of the molecule is CCOC(=O)C(C)(NC1CC1)c1ccc(S(C)(=O)=O)cc1. The number of carbonyl (C=O) groups is 1. The maximum absolute atomic E-state index is 12.3. The van der Waals surface area contributed by atoms with E-state index in [0.29, 0.717) is 18.2 Å². The van der Waals surface area contributed by atoms with Crippen molar-refractivity contribution in [2.45, 2.75) is 43.2 Å². The highest BCUT2D eigenvalue weighted by Crippen LogP contribution is 2.30. The van der Waals surface area contributed by atoms with Gasteiger partial charge in [-0.2, -0.15) is 0 Å². The number of hydrogen-bond acceptors (Lipinski definition) is 5. The molecule has 0 amide bonds. The molecule has 1 aliphatic carbocycles. The number of ether oxygens (including phenoxy) is 1. The summed E-state index contributed by atoms with van der Waals surface area (Å²) in [5, 5.41) is 3.30. The van der Waals surface area contributed by atoms with Gasteiger partial charge in [0.25, 0.3) is 0 Å². The quantitative estimate of drug-likeness (QED) is 0.808. The molecule has 1 aromatic carbocycles. The summed E-state index contributed by atoms with van der Waals surface area (Å²) in [6.45, 7) is 3.85. The highest BCUT2D eigenvalue weighted by Gasteiger charge is 2.41. The van der Waals surface area contributed by atoms with Crippen LogP contribution in [0.15, 0.2) is 29.2 Å². The molecule has 5 nitrogen and oxygen atoms in total. The van der Waals surface area contributed by atoms with E-state index >= 15 is 0 Å². The molecule has 1 atom stereocenters. The molecular formula is C15H21NO4S. The fourth-order valence-electron chi connectivity index (χ4n) is 2.21. The first-order valence-electron chi connectivity index (χ1n) is 7.03. The number of benzene rings is 1. The minimum absolute atomic E-state index is 0.240. The van der Waals surface area contributed by atoms with E-state index in [1.54, 1.807) is 26.0 Å². The van der Waals surface area contributed by atoms with Crippen molar-refractivity contribution in [2.75, 3.05) is 12.9 Å². The molecule has 0 aromatic heterocycles. The van der Waals surface area contributed by atoms with Crippen molar-refractivity contribution in [3.8, 4) is 0 Å². The monoisotopic (exact) mass is 311 g/mol. The lowest BCUT2D eigenvalue weighted by atomic mass is 9.92. The van der Waals surface area contributed by atoms with Crippen molar-refractivity contribution < 1.29 is 17.9 Å². The van der Waals surface area contributed by atoms with E-state index in [-0.39, 0.29) is 10.9 Å². The highest BCUT2D eigenvalue weighted by atomic mass is 32.2. The second kappa shape index (κ2) is 5.77. The molecule has 6 heteroatoms. The van der Waals surface area contributed by atoms with Gasteiger partial charge in [-0.05, 0) is 44.4 Å².